The van der Waals surface area contributed by atoms with Crippen LogP contribution in [-0.4, -0.2) is 47.6 Å². The molecule has 1 rings (SSSR count). The van der Waals surface area contributed by atoms with Crippen LogP contribution in [0.2, 0.25) is 0 Å². The molecule has 0 spiro atoms. The minimum absolute atomic E-state index is 0.00363. The van der Waals surface area contributed by atoms with Crippen molar-refractivity contribution < 1.29 is 19.7 Å². The molecular weight excluding hydrogens is 222 g/mol. The summed E-state index contributed by atoms with van der Waals surface area (Å²) in [5.74, 6) is -0.383. The van der Waals surface area contributed by atoms with Gasteiger partial charge in [-0.3, -0.25) is 4.79 Å². The Morgan fingerprint density at radius 1 is 1.47 bits per heavy atom. The number of carbonyl (C=O) groups is 1. The minimum Gasteiger partial charge on any atom is -0.466 e. The summed E-state index contributed by atoms with van der Waals surface area (Å²) in [5.41, 5.74) is 0. The second-order valence-corrected chi connectivity index (χ2v) is 4.53. The molecule has 1 aliphatic carbocycles. The SMILES string of the molecule is CCOC(=O)CC(O)CNC1CCCCC1O. The summed E-state index contributed by atoms with van der Waals surface area (Å²) in [6, 6.07) is 0.0422. The van der Waals surface area contributed by atoms with Crippen LogP contribution in [0.3, 0.4) is 0 Å². The van der Waals surface area contributed by atoms with Gasteiger partial charge >= 0.3 is 5.97 Å². The zero-order chi connectivity index (χ0) is 12.7. The molecule has 1 aliphatic rings. The highest BCUT2D eigenvalue weighted by Gasteiger charge is 2.23. The van der Waals surface area contributed by atoms with E-state index in [4.69, 9.17) is 4.74 Å². The van der Waals surface area contributed by atoms with Crippen LogP contribution in [0.25, 0.3) is 0 Å². The molecule has 0 heterocycles. The number of aliphatic hydroxyl groups is 2. The molecule has 17 heavy (non-hydrogen) atoms. The number of aliphatic hydroxyl groups excluding tert-OH is 2. The topological polar surface area (TPSA) is 78.8 Å². The Balaban J connectivity index is 2.18. The Morgan fingerprint density at radius 2 is 2.18 bits per heavy atom. The number of hydrogen-bond acceptors (Lipinski definition) is 5. The molecule has 0 saturated heterocycles. The van der Waals surface area contributed by atoms with Gasteiger partial charge in [-0.1, -0.05) is 12.8 Å². The standard InChI is InChI=1S/C12H23NO4/c1-2-17-12(16)7-9(14)8-13-10-5-3-4-6-11(10)15/h9-11,13-15H,2-8H2,1H3. The first-order chi connectivity index (χ1) is 8.13. The van der Waals surface area contributed by atoms with E-state index in [1.807, 2.05) is 0 Å². The van der Waals surface area contributed by atoms with Gasteiger partial charge < -0.3 is 20.3 Å². The summed E-state index contributed by atoms with van der Waals surface area (Å²) in [6.07, 6.45) is 2.82. The van der Waals surface area contributed by atoms with Gasteiger partial charge in [0.05, 0.1) is 25.2 Å². The smallest absolute Gasteiger partial charge is 0.308 e. The molecule has 0 amide bonds. The highest BCUT2D eigenvalue weighted by molar-refractivity contribution is 5.69. The van der Waals surface area contributed by atoms with Crippen molar-refractivity contribution in [1.82, 2.24) is 5.32 Å². The molecule has 3 N–H and O–H groups in total. The van der Waals surface area contributed by atoms with Crippen molar-refractivity contribution in [2.24, 2.45) is 0 Å². The molecule has 100 valence electrons. The molecule has 5 heteroatoms. The lowest BCUT2D eigenvalue weighted by Crippen LogP contribution is -2.45. The summed E-state index contributed by atoms with van der Waals surface area (Å²) in [4.78, 5) is 11.1. The van der Waals surface area contributed by atoms with Gasteiger partial charge in [0.25, 0.3) is 0 Å². The lowest BCUT2D eigenvalue weighted by molar-refractivity contribution is -0.145. The van der Waals surface area contributed by atoms with Crippen LogP contribution in [0.15, 0.2) is 0 Å². The molecule has 0 aromatic rings. The minimum atomic E-state index is -0.747. The van der Waals surface area contributed by atoms with Gasteiger partial charge in [-0.15, -0.1) is 0 Å². The number of esters is 1. The Labute approximate surface area is 102 Å². The van der Waals surface area contributed by atoms with E-state index in [0.717, 1.165) is 25.7 Å². The van der Waals surface area contributed by atoms with Gasteiger partial charge in [-0.2, -0.15) is 0 Å². The van der Waals surface area contributed by atoms with Crippen LogP contribution < -0.4 is 5.32 Å². The first-order valence-corrected chi connectivity index (χ1v) is 6.38. The van der Waals surface area contributed by atoms with Crippen molar-refractivity contribution in [1.29, 1.82) is 0 Å². The lowest BCUT2D eigenvalue weighted by Gasteiger charge is -2.29. The maximum atomic E-state index is 11.1. The molecule has 0 aromatic carbocycles. The van der Waals surface area contributed by atoms with E-state index in [9.17, 15) is 15.0 Å². The predicted molar refractivity (Wildman–Crippen MR) is 63.5 cm³/mol. The molecule has 3 atom stereocenters. The van der Waals surface area contributed by atoms with Crippen LogP contribution in [0.1, 0.15) is 39.0 Å². The molecule has 0 aromatic heterocycles. The van der Waals surface area contributed by atoms with E-state index in [-0.39, 0.29) is 24.5 Å². The summed E-state index contributed by atoms with van der Waals surface area (Å²) in [6.45, 7) is 2.39. The predicted octanol–water partition coefficient (Wildman–Crippen LogP) is 0.194. The van der Waals surface area contributed by atoms with Crippen LogP contribution in [-0.2, 0) is 9.53 Å². The van der Waals surface area contributed by atoms with E-state index in [0.29, 0.717) is 13.2 Å². The fourth-order valence-electron chi connectivity index (χ4n) is 2.12. The highest BCUT2D eigenvalue weighted by atomic mass is 16.5. The zero-order valence-corrected chi connectivity index (χ0v) is 10.4. The number of nitrogens with one attached hydrogen (secondary N) is 1. The Morgan fingerprint density at radius 3 is 2.82 bits per heavy atom. The normalized spacial score (nSPS) is 26.5. The summed E-state index contributed by atoms with van der Waals surface area (Å²) in [5, 5.41) is 22.4. The van der Waals surface area contributed by atoms with Gasteiger partial charge in [0.2, 0.25) is 0 Å². The maximum Gasteiger partial charge on any atom is 0.308 e. The molecule has 0 bridgehead atoms. The van der Waals surface area contributed by atoms with Crippen LogP contribution in [0.4, 0.5) is 0 Å². The van der Waals surface area contributed by atoms with Crippen molar-refractivity contribution in [3.05, 3.63) is 0 Å². The van der Waals surface area contributed by atoms with Crippen molar-refractivity contribution in [2.75, 3.05) is 13.2 Å². The van der Waals surface area contributed by atoms with Crippen molar-refractivity contribution >= 4 is 5.97 Å². The number of carbonyl (C=O) groups excluding carboxylic acids is 1. The largest absolute Gasteiger partial charge is 0.466 e. The van der Waals surface area contributed by atoms with Crippen LogP contribution >= 0.6 is 0 Å². The third kappa shape index (κ3) is 5.48. The van der Waals surface area contributed by atoms with E-state index >= 15 is 0 Å². The van der Waals surface area contributed by atoms with E-state index in [2.05, 4.69) is 5.32 Å². The Kier molecular flexibility index (Phi) is 6.47. The molecule has 1 fully saturated rings. The second-order valence-electron chi connectivity index (χ2n) is 4.53. The van der Waals surface area contributed by atoms with Crippen LogP contribution in [0.5, 0.6) is 0 Å². The lowest BCUT2D eigenvalue weighted by atomic mass is 9.92. The van der Waals surface area contributed by atoms with E-state index < -0.39 is 6.10 Å². The van der Waals surface area contributed by atoms with Crippen molar-refractivity contribution in [3.63, 3.8) is 0 Å². The molecule has 3 unspecified atom stereocenters. The second kappa shape index (κ2) is 7.63. The van der Waals surface area contributed by atoms with E-state index in [1.165, 1.54) is 0 Å². The first kappa shape index (κ1) is 14.4. The van der Waals surface area contributed by atoms with Crippen LogP contribution in [0, 0.1) is 0 Å². The number of rotatable bonds is 6. The average Bonchev–Trinajstić information content (AvgIpc) is 2.28. The van der Waals surface area contributed by atoms with Crippen molar-refractivity contribution in [2.45, 2.75) is 57.3 Å². The van der Waals surface area contributed by atoms with Gasteiger partial charge in [0.1, 0.15) is 0 Å². The number of ether oxygens (including phenoxy) is 1. The summed E-state index contributed by atoms with van der Waals surface area (Å²) >= 11 is 0. The maximum absolute atomic E-state index is 11.1. The molecule has 1 saturated carbocycles. The quantitative estimate of drug-likeness (QED) is 0.582. The summed E-state index contributed by atoms with van der Waals surface area (Å²) < 4.78 is 4.75. The third-order valence-corrected chi connectivity index (χ3v) is 3.05. The highest BCUT2D eigenvalue weighted by Crippen LogP contribution is 2.18. The molecular formula is C12H23NO4. The monoisotopic (exact) mass is 245 g/mol. The molecule has 0 aliphatic heterocycles. The fourth-order valence-corrected chi connectivity index (χ4v) is 2.12. The van der Waals surface area contributed by atoms with Gasteiger partial charge in [-0.05, 0) is 19.8 Å². The van der Waals surface area contributed by atoms with Gasteiger partial charge in [0, 0.05) is 12.6 Å². The average molecular weight is 245 g/mol. The zero-order valence-electron chi connectivity index (χ0n) is 10.4. The van der Waals surface area contributed by atoms with E-state index in [1.54, 1.807) is 6.92 Å². The Hall–Kier alpha value is -0.650. The third-order valence-electron chi connectivity index (χ3n) is 3.05. The molecule has 5 nitrogen and oxygen atoms in total. The summed E-state index contributed by atoms with van der Waals surface area (Å²) in [7, 11) is 0. The first-order valence-electron chi connectivity index (χ1n) is 6.38. The van der Waals surface area contributed by atoms with Gasteiger partial charge in [-0.25, -0.2) is 0 Å². The van der Waals surface area contributed by atoms with Crippen molar-refractivity contribution in [3.8, 4) is 0 Å². The van der Waals surface area contributed by atoms with Gasteiger partial charge in [0.15, 0.2) is 0 Å². The number of hydrogen-bond donors (Lipinski definition) is 3. The fraction of sp³-hybridized carbons (Fsp3) is 0.917. The molecule has 0 radical (unpaired) electrons. The Bertz CT molecular complexity index is 235.